The molecular formula is C32H36BrN3O3. The zero-order valence-corrected chi connectivity index (χ0v) is 24.8. The Balaban J connectivity index is 1.74. The number of hydrogen-bond acceptors (Lipinski definition) is 5. The summed E-state index contributed by atoms with van der Waals surface area (Å²) >= 11 is 3.46. The fourth-order valence-electron chi connectivity index (χ4n) is 4.65. The molecule has 4 rings (SSSR count). The summed E-state index contributed by atoms with van der Waals surface area (Å²) in [4.78, 5) is 21.9. The number of benzene rings is 2. The van der Waals surface area contributed by atoms with Crippen LogP contribution in [0.15, 0.2) is 77.8 Å². The van der Waals surface area contributed by atoms with Gasteiger partial charge in [-0.3, -0.25) is 4.99 Å². The van der Waals surface area contributed by atoms with Crippen molar-refractivity contribution in [2.24, 2.45) is 4.99 Å². The Kier molecular flexibility index (Phi) is 8.90. The molecule has 1 fully saturated rings. The second kappa shape index (κ2) is 12.2. The van der Waals surface area contributed by atoms with Gasteiger partial charge in [-0.1, -0.05) is 54.6 Å². The number of alkyl carbamates (subject to hydrolysis) is 1. The molecule has 2 aromatic carbocycles. The Hall–Kier alpha value is -3.45. The lowest BCUT2D eigenvalue weighted by molar-refractivity contribution is 0.0377. The monoisotopic (exact) mass is 589 g/mol. The van der Waals surface area contributed by atoms with Crippen molar-refractivity contribution in [2.75, 3.05) is 13.7 Å². The minimum atomic E-state index is -0.545. The lowest BCUT2D eigenvalue weighted by Crippen LogP contribution is -2.52. The zero-order chi connectivity index (χ0) is 28.0. The number of nitrogens with zero attached hydrogens (tertiary/aromatic N) is 2. The highest BCUT2D eigenvalue weighted by molar-refractivity contribution is 9.18. The number of halogens is 1. The van der Waals surface area contributed by atoms with E-state index in [-0.39, 0.29) is 6.09 Å². The SMILES string of the molecule is CCOC(=CC(Br)=NC)c1ccc(-c2ccccc2)c(-c2ccc(C3(NC(=O)OC(C)(C)C)CCC3)cc2)n1. The second-order valence-electron chi connectivity index (χ2n) is 10.6. The van der Waals surface area contributed by atoms with E-state index >= 15 is 0 Å². The third kappa shape index (κ3) is 6.95. The van der Waals surface area contributed by atoms with Gasteiger partial charge >= 0.3 is 6.09 Å². The van der Waals surface area contributed by atoms with E-state index in [1.54, 1.807) is 7.05 Å². The highest BCUT2D eigenvalue weighted by atomic mass is 79.9. The maximum atomic E-state index is 12.6. The van der Waals surface area contributed by atoms with Crippen LogP contribution in [-0.2, 0) is 15.0 Å². The van der Waals surface area contributed by atoms with E-state index in [0.29, 0.717) is 17.0 Å². The van der Waals surface area contributed by atoms with Crippen molar-refractivity contribution in [2.45, 2.75) is 58.1 Å². The third-order valence-corrected chi connectivity index (χ3v) is 7.24. The number of rotatable bonds is 8. The summed E-state index contributed by atoms with van der Waals surface area (Å²) in [6, 6.07) is 22.6. The van der Waals surface area contributed by atoms with Gasteiger partial charge in [-0.25, -0.2) is 9.78 Å². The fraction of sp³-hybridized carbons (Fsp3) is 0.344. The lowest BCUT2D eigenvalue weighted by atomic mass is 9.71. The maximum absolute atomic E-state index is 12.6. The number of nitrogens with one attached hydrogen (secondary N) is 1. The van der Waals surface area contributed by atoms with Gasteiger partial charge in [-0.2, -0.15) is 0 Å². The van der Waals surface area contributed by atoms with Crippen LogP contribution in [-0.4, -0.2) is 35.0 Å². The molecule has 0 unspecified atom stereocenters. The maximum Gasteiger partial charge on any atom is 0.408 e. The van der Waals surface area contributed by atoms with Gasteiger partial charge in [0, 0.05) is 24.3 Å². The average molecular weight is 591 g/mol. The number of allylic oxidation sites excluding steroid dienone is 1. The Morgan fingerprint density at radius 3 is 2.31 bits per heavy atom. The number of aromatic nitrogens is 1. The molecule has 1 N–H and O–H groups in total. The van der Waals surface area contributed by atoms with Crippen LogP contribution in [0.2, 0.25) is 0 Å². The van der Waals surface area contributed by atoms with Crippen LogP contribution in [0.4, 0.5) is 4.79 Å². The molecule has 1 heterocycles. The van der Waals surface area contributed by atoms with Crippen LogP contribution in [0.5, 0.6) is 0 Å². The second-order valence-corrected chi connectivity index (χ2v) is 11.4. The van der Waals surface area contributed by atoms with Crippen LogP contribution >= 0.6 is 15.9 Å². The molecule has 0 spiro atoms. The molecule has 6 nitrogen and oxygen atoms in total. The molecule has 7 heteroatoms. The van der Waals surface area contributed by atoms with Crippen molar-refractivity contribution in [1.29, 1.82) is 0 Å². The van der Waals surface area contributed by atoms with Crippen molar-refractivity contribution in [1.82, 2.24) is 10.3 Å². The van der Waals surface area contributed by atoms with Gasteiger partial charge in [0.05, 0.1) is 17.8 Å². The molecule has 0 radical (unpaired) electrons. The highest BCUT2D eigenvalue weighted by Crippen LogP contribution is 2.42. The minimum Gasteiger partial charge on any atom is -0.492 e. The molecule has 39 heavy (non-hydrogen) atoms. The molecule has 0 aliphatic heterocycles. The molecule has 0 bridgehead atoms. The Morgan fingerprint density at radius 1 is 1.05 bits per heavy atom. The van der Waals surface area contributed by atoms with Crippen molar-refractivity contribution in [3.05, 3.63) is 84.1 Å². The summed E-state index contributed by atoms with van der Waals surface area (Å²) < 4.78 is 12.2. The summed E-state index contributed by atoms with van der Waals surface area (Å²) in [6.45, 7) is 8.08. The topological polar surface area (TPSA) is 72.8 Å². The summed E-state index contributed by atoms with van der Waals surface area (Å²) in [5, 5.41) is 3.14. The third-order valence-electron chi connectivity index (χ3n) is 6.65. The van der Waals surface area contributed by atoms with Gasteiger partial charge in [0.15, 0.2) is 0 Å². The number of carbonyl (C=O) groups is 1. The molecule has 3 aromatic rings. The van der Waals surface area contributed by atoms with E-state index in [4.69, 9.17) is 14.5 Å². The van der Waals surface area contributed by atoms with Gasteiger partial charge in [-0.15, -0.1) is 0 Å². The molecule has 0 saturated heterocycles. The molecule has 1 saturated carbocycles. The molecule has 1 aliphatic carbocycles. The standard InChI is InChI=1S/C32H36BrN3O3/c1-6-38-27(21-28(33)34-5)26-18-17-25(22-11-8-7-9-12-22)29(35-26)23-13-15-24(16-14-23)32(19-10-20-32)36-30(37)39-31(2,3)4/h7-9,11-18,21H,6,10,19-20H2,1-5H3,(H,36,37). The largest absolute Gasteiger partial charge is 0.492 e. The van der Waals surface area contributed by atoms with E-state index in [0.717, 1.165) is 52.9 Å². The van der Waals surface area contributed by atoms with Crippen molar-refractivity contribution >= 4 is 32.4 Å². The number of aliphatic imine (C=N–C) groups is 1. The Bertz CT molecular complexity index is 1360. The summed E-state index contributed by atoms with van der Waals surface area (Å²) in [5.74, 6) is 0.641. The predicted octanol–water partition coefficient (Wildman–Crippen LogP) is 8.12. The predicted molar refractivity (Wildman–Crippen MR) is 162 cm³/mol. The van der Waals surface area contributed by atoms with E-state index in [9.17, 15) is 4.79 Å². The van der Waals surface area contributed by atoms with Crippen molar-refractivity contribution in [3.8, 4) is 22.4 Å². The first-order chi connectivity index (χ1) is 18.6. The summed E-state index contributed by atoms with van der Waals surface area (Å²) in [5.41, 5.74) is 4.77. The van der Waals surface area contributed by atoms with Gasteiger partial charge in [0.1, 0.15) is 21.7 Å². The quantitative estimate of drug-likeness (QED) is 0.213. The van der Waals surface area contributed by atoms with Gasteiger partial charge < -0.3 is 14.8 Å². The van der Waals surface area contributed by atoms with Crippen LogP contribution in [0.25, 0.3) is 28.1 Å². The number of hydrogen-bond donors (Lipinski definition) is 1. The van der Waals surface area contributed by atoms with E-state index in [1.807, 2.05) is 58.0 Å². The smallest absolute Gasteiger partial charge is 0.408 e. The van der Waals surface area contributed by atoms with Crippen LogP contribution < -0.4 is 5.32 Å². The fourth-order valence-corrected chi connectivity index (χ4v) is 4.86. The zero-order valence-electron chi connectivity index (χ0n) is 23.3. The average Bonchev–Trinajstić information content (AvgIpc) is 2.90. The number of pyridine rings is 1. The van der Waals surface area contributed by atoms with Crippen molar-refractivity contribution in [3.63, 3.8) is 0 Å². The van der Waals surface area contributed by atoms with Gasteiger partial charge in [-0.05, 0) is 86.1 Å². The summed E-state index contributed by atoms with van der Waals surface area (Å²) in [7, 11) is 1.72. The number of amides is 1. The number of ether oxygens (including phenoxy) is 2. The van der Waals surface area contributed by atoms with Crippen LogP contribution in [0, 0.1) is 0 Å². The minimum absolute atomic E-state index is 0.385. The molecule has 1 amide bonds. The first-order valence-electron chi connectivity index (χ1n) is 13.3. The van der Waals surface area contributed by atoms with E-state index in [2.05, 4.69) is 68.7 Å². The molecular weight excluding hydrogens is 554 g/mol. The van der Waals surface area contributed by atoms with E-state index in [1.165, 1.54) is 0 Å². The number of carbonyl (C=O) groups excluding carboxylic acids is 1. The molecule has 1 aromatic heterocycles. The summed E-state index contributed by atoms with van der Waals surface area (Å²) in [6.07, 6.45) is 4.27. The van der Waals surface area contributed by atoms with Crippen molar-refractivity contribution < 1.29 is 14.3 Å². The highest BCUT2D eigenvalue weighted by Gasteiger charge is 2.41. The molecule has 204 valence electrons. The van der Waals surface area contributed by atoms with Gasteiger partial charge in [0.2, 0.25) is 0 Å². The first-order valence-corrected chi connectivity index (χ1v) is 14.1. The molecule has 0 atom stereocenters. The Morgan fingerprint density at radius 2 is 1.74 bits per heavy atom. The van der Waals surface area contributed by atoms with Gasteiger partial charge in [0.25, 0.3) is 0 Å². The van der Waals surface area contributed by atoms with E-state index < -0.39 is 11.1 Å². The Labute approximate surface area is 239 Å². The molecule has 1 aliphatic rings. The first kappa shape index (κ1) is 28.6. The lowest BCUT2D eigenvalue weighted by Gasteiger charge is -2.43. The normalized spacial score (nSPS) is 15.3. The van der Waals surface area contributed by atoms with Crippen LogP contribution in [0.1, 0.15) is 58.2 Å². The van der Waals surface area contributed by atoms with Crippen LogP contribution in [0.3, 0.4) is 0 Å².